The van der Waals surface area contributed by atoms with E-state index in [1.165, 1.54) is 0 Å². The Bertz CT molecular complexity index is 883. The third kappa shape index (κ3) is 5.51. The van der Waals surface area contributed by atoms with Gasteiger partial charge in [-0.1, -0.05) is 42.5 Å². The van der Waals surface area contributed by atoms with Gasteiger partial charge in [-0.3, -0.25) is 0 Å². The van der Waals surface area contributed by atoms with Gasteiger partial charge >= 0.3 is 0 Å². The third-order valence-corrected chi connectivity index (χ3v) is 5.07. The van der Waals surface area contributed by atoms with Crippen LogP contribution >= 0.6 is 12.4 Å². The van der Waals surface area contributed by atoms with E-state index in [0.29, 0.717) is 17.4 Å². The summed E-state index contributed by atoms with van der Waals surface area (Å²) in [5.74, 6) is 3.27. The highest BCUT2D eigenvalue weighted by Gasteiger charge is 2.23. The zero-order valence-electron chi connectivity index (χ0n) is 16.2. The van der Waals surface area contributed by atoms with Gasteiger partial charge in [0.2, 0.25) is 0 Å². The zero-order chi connectivity index (χ0) is 19.2. The van der Waals surface area contributed by atoms with Gasteiger partial charge in [0.25, 0.3) is 0 Å². The molecule has 0 spiro atoms. The van der Waals surface area contributed by atoms with E-state index in [9.17, 15) is 0 Å². The fourth-order valence-electron chi connectivity index (χ4n) is 3.47. The zero-order valence-corrected chi connectivity index (χ0v) is 17.0. The van der Waals surface area contributed by atoms with Gasteiger partial charge in [-0.2, -0.15) is 0 Å². The Morgan fingerprint density at radius 3 is 1.90 bits per heavy atom. The molecule has 1 aliphatic heterocycles. The van der Waals surface area contributed by atoms with Crippen LogP contribution in [-0.2, 0) is 4.74 Å². The van der Waals surface area contributed by atoms with Crippen LogP contribution in [0.2, 0.25) is 0 Å². The molecule has 1 heterocycles. The van der Waals surface area contributed by atoms with Crippen molar-refractivity contribution in [1.29, 1.82) is 0 Å². The number of rotatable bonds is 6. The van der Waals surface area contributed by atoms with Gasteiger partial charge in [-0.05, 0) is 60.7 Å². The van der Waals surface area contributed by atoms with E-state index in [4.69, 9.17) is 19.9 Å². The van der Waals surface area contributed by atoms with Crippen molar-refractivity contribution in [2.75, 3.05) is 13.2 Å². The SMILES string of the molecule is Cl.N[C@@H](c1ccc(Oc2ccccc2)c(Oc2ccccc2)c1)C1CCOCC1. The van der Waals surface area contributed by atoms with Crippen LogP contribution in [0.1, 0.15) is 24.4 Å². The van der Waals surface area contributed by atoms with Crippen LogP contribution in [-0.4, -0.2) is 13.2 Å². The standard InChI is InChI=1S/C24H25NO3.ClH/c25-24(18-13-15-26-16-14-18)19-11-12-22(27-20-7-3-1-4-8-20)23(17-19)28-21-9-5-2-6-10-21;/h1-12,17-18,24H,13-16,25H2;1H/t24-;/m1./s1. The Kier molecular flexibility index (Phi) is 7.53. The first-order chi connectivity index (χ1) is 13.8. The molecule has 0 saturated carbocycles. The third-order valence-electron chi connectivity index (χ3n) is 5.07. The van der Waals surface area contributed by atoms with E-state index >= 15 is 0 Å². The van der Waals surface area contributed by atoms with Gasteiger partial charge < -0.3 is 19.9 Å². The molecule has 1 atom stereocenters. The largest absolute Gasteiger partial charge is 0.453 e. The number of halogens is 1. The van der Waals surface area contributed by atoms with Crippen molar-refractivity contribution in [2.24, 2.45) is 11.7 Å². The first-order valence-electron chi connectivity index (χ1n) is 9.73. The molecule has 0 bridgehead atoms. The summed E-state index contributed by atoms with van der Waals surface area (Å²) in [7, 11) is 0. The average molecular weight is 412 g/mol. The summed E-state index contributed by atoms with van der Waals surface area (Å²) in [6.45, 7) is 1.56. The molecule has 3 aromatic carbocycles. The molecule has 1 aliphatic rings. The number of benzene rings is 3. The summed E-state index contributed by atoms with van der Waals surface area (Å²) in [6, 6.07) is 25.4. The number of para-hydroxylation sites is 2. The molecular weight excluding hydrogens is 386 g/mol. The Balaban J connectivity index is 0.00000240. The van der Waals surface area contributed by atoms with Crippen molar-refractivity contribution in [3.8, 4) is 23.0 Å². The Hall–Kier alpha value is -2.53. The summed E-state index contributed by atoms with van der Waals surface area (Å²) in [5.41, 5.74) is 7.64. The van der Waals surface area contributed by atoms with Crippen molar-refractivity contribution in [2.45, 2.75) is 18.9 Å². The Morgan fingerprint density at radius 2 is 1.31 bits per heavy atom. The van der Waals surface area contributed by atoms with Crippen molar-refractivity contribution in [1.82, 2.24) is 0 Å². The fourth-order valence-corrected chi connectivity index (χ4v) is 3.47. The number of ether oxygens (including phenoxy) is 3. The molecular formula is C24H26ClNO3. The summed E-state index contributed by atoms with van der Waals surface area (Å²) in [6.07, 6.45) is 1.97. The number of hydrogen-bond donors (Lipinski definition) is 1. The lowest BCUT2D eigenvalue weighted by Crippen LogP contribution is -2.27. The quantitative estimate of drug-likeness (QED) is 0.530. The highest BCUT2D eigenvalue weighted by molar-refractivity contribution is 5.85. The number of hydrogen-bond acceptors (Lipinski definition) is 4. The molecule has 5 heteroatoms. The van der Waals surface area contributed by atoms with Gasteiger partial charge in [0, 0.05) is 19.3 Å². The lowest BCUT2D eigenvalue weighted by molar-refractivity contribution is 0.0583. The second kappa shape index (κ2) is 10.3. The summed E-state index contributed by atoms with van der Waals surface area (Å²) in [4.78, 5) is 0. The molecule has 4 nitrogen and oxygen atoms in total. The maximum atomic E-state index is 6.58. The second-order valence-electron chi connectivity index (χ2n) is 7.01. The first-order valence-corrected chi connectivity index (χ1v) is 9.73. The summed E-state index contributed by atoms with van der Waals surface area (Å²) >= 11 is 0. The van der Waals surface area contributed by atoms with E-state index in [1.54, 1.807) is 0 Å². The van der Waals surface area contributed by atoms with Crippen molar-refractivity contribution >= 4 is 12.4 Å². The van der Waals surface area contributed by atoms with Crippen molar-refractivity contribution < 1.29 is 14.2 Å². The van der Waals surface area contributed by atoms with Gasteiger partial charge in [0.05, 0.1) is 0 Å². The van der Waals surface area contributed by atoms with E-state index in [2.05, 4.69) is 0 Å². The topological polar surface area (TPSA) is 53.7 Å². The van der Waals surface area contributed by atoms with Crippen LogP contribution in [0, 0.1) is 5.92 Å². The van der Waals surface area contributed by atoms with Gasteiger partial charge in [-0.25, -0.2) is 0 Å². The molecule has 0 aromatic heterocycles. The number of nitrogens with two attached hydrogens (primary N) is 1. The van der Waals surface area contributed by atoms with Gasteiger partial charge in [0.15, 0.2) is 11.5 Å². The molecule has 0 aliphatic carbocycles. The maximum Gasteiger partial charge on any atom is 0.170 e. The monoisotopic (exact) mass is 411 g/mol. The van der Waals surface area contributed by atoms with E-state index in [-0.39, 0.29) is 18.4 Å². The molecule has 152 valence electrons. The fraction of sp³-hybridized carbons (Fsp3) is 0.250. The molecule has 29 heavy (non-hydrogen) atoms. The average Bonchev–Trinajstić information content (AvgIpc) is 2.76. The van der Waals surface area contributed by atoms with Crippen LogP contribution in [0.25, 0.3) is 0 Å². The van der Waals surface area contributed by atoms with Crippen LogP contribution in [0.15, 0.2) is 78.9 Å². The lowest BCUT2D eigenvalue weighted by atomic mass is 9.87. The van der Waals surface area contributed by atoms with Crippen LogP contribution in [0.4, 0.5) is 0 Å². The minimum Gasteiger partial charge on any atom is -0.453 e. The lowest BCUT2D eigenvalue weighted by Gasteiger charge is -2.28. The molecule has 1 fully saturated rings. The van der Waals surface area contributed by atoms with Crippen molar-refractivity contribution in [3.05, 3.63) is 84.4 Å². The van der Waals surface area contributed by atoms with Crippen LogP contribution < -0.4 is 15.2 Å². The molecule has 3 aromatic rings. The molecule has 2 N–H and O–H groups in total. The predicted octanol–water partition coefficient (Wildman–Crippen LogP) is 6.12. The van der Waals surface area contributed by atoms with E-state index < -0.39 is 0 Å². The highest BCUT2D eigenvalue weighted by Crippen LogP contribution is 2.38. The smallest absolute Gasteiger partial charge is 0.170 e. The molecule has 0 radical (unpaired) electrons. The highest BCUT2D eigenvalue weighted by atomic mass is 35.5. The Labute approximate surface area is 178 Å². The van der Waals surface area contributed by atoms with Crippen LogP contribution in [0.3, 0.4) is 0 Å². The predicted molar refractivity (Wildman–Crippen MR) is 117 cm³/mol. The van der Waals surface area contributed by atoms with Crippen LogP contribution in [0.5, 0.6) is 23.0 Å². The molecule has 4 rings (SSSR count). The normalized spacial score (nSPS) is 15.2. The maximum absolute atomic E-state index is 6.58. The summed E-state index contributed by atoms with van der Waals surface area (Å²) in [5, 5.41) is 0. The second-order valence-corrected chi connectivity index (χ2v) is 7.01. The first kappa shape index (κ1) is 21.2. The molecule has 1 saturated heterocycles. The Morgan fingerprint density at radius 1 is 0.759 bits per heavy atom. The van der Waals surface area contributed by atoms with Gasteiger partial charge in [0.1, 0.15) is 11.5 Å². The summed E-state index contributed by atoms with van der Waals surface area (Å²) < 4.78 is 17.7. The van der Waals surface area contributed by atoms with E-state index in [1.807, 2.05) is 78.9 Å². The minimum atomic E-state index is -0.0483. The minimum absolute atomic E-state index is 0. The van der Waals surface area contributed by atoms with Crippen molar-refractivity contribution in [3.63, 3.8) is 0 Å². The molecule has 0 unspecified atom stereocenters. The molecule has 0 amide bonds. The van der Waals surface area contributed by atoms with Gasteiger partial charge in [-0.15, -0.1) is 12.4 Å². The van der Waals surface area contributed by atoms with E-state index in [0.717, 1.165) is 43.1 Å².